The Bertz CT molecular complexity index is 3640. The molecule has 0 radical (unpaired) electrons. The van der Waals surface area contributed by atoms with Crippen LogP contribution in [0.15, 0.2) is 224 Å². The summed E-state index contributed by atoms with van der Waals surface area (Å²) < 4.78 is 2.59. The highest BCUT2D eigenvalue weighted by molar-refractivity contribution is 7.25. The van der Waals surface area contributed by atoms with Gasteiger partial charge in [0.1, 0.15) is 0 Å². The van der Waals surface area contributed by atoms with Crippen LogP contribution >= 0.6 is 11.3 Å². The molecule has 0 fully saturated rings. The Morgan fingerprint density at radius 3 is 1.77 bits per heavy atom. The molecule has 0 atom stereocenters. The van der Waals surface area contributed by atoms with Crippen molar-refractivity contribution in [1.29, 1.82) is 0 Å². The van der Waals surface area contributed by atoms with Gasteiger partial charge in [0.25, 0.3) is 0 Å². The Hall–Kier alpha value is -7.92. The van der Waals surface area contributed by atoms with Gasteiger partial charge in [-0.25, -0.2) is 9.97 Å². The molecule has 12 aromatic rings. The van der Waals surface area contributed by atoms with E-state index < -0.39 is 0 Å². The van der Waals surface area contributed by atoms with Crippen molar-refractivity contribution in [1.82, 2.24) is 9.97 Å². The van der Waals surface area contributed by atoms with E-state index in [0.717, 1.165) is 83.3 Å². The third-order valence-corrected chi connectivity index (χ3v) is 13.2. The average molecular weight is 808 g/mol. The summed E-state index contributed by atoms with van der Waals surface area (Å²) in [6, 6.07) is 80.5. The van der Waals surface area contributed by atoms with Crippen molar-refractivity contribution >= 4 is 81.1 Å². The van der Waals surface area contributed by atoms with Crippen LogP contribution < -0.4 is 4.90 Å². The monoisotopic (exact) mass is 807 g/mol. The molecule has 0 N–H and O–H groups in total. The lowest BCUT2D eigenvalue weighted by atomic mass is 9.95. The first kappa shape index (κ1) is 36.0. The molecule has 0 saturated carbocycles. The number of hydrogen-bond donors (Lipinski definition) is 0. The van der Waals surface area contributed by atoms with Gasteiger partial charge in [0.05, 0.1) is 28.1 Å². The van der Waals surface area contributed by atoms with Crippen molar-refractivity contribution in [3.05, 3.63) is 224 Å². The molecule has 0 spiro atoms. The molecule has 62 heavy (non-hydrogen) atoms. The second kappa shape index (κ2) is 15.0. The van der Waals surface area contributed by atoms with Gasteiger partial charge in [-0.15, -0.1) is 11.3 Å². The molecule has 4 heteroatoms. The highest BCUT2D eigenvalue weighted by Gasteiger charge is 2.20. The van der Waals surface area contributed by atoms with Crippen molar-refractivity contribution in [2.24, 2.45) is 0 Å². The van der Waals surface area contributed by atoms with E-state index >= 15 is 0 Å². The fourth-order valence-corrected chi connectivity index (χ4v) is 10.2. The van der Waals surface area contributed by atoms with E-state index in [9.17, 15) is 0 Å². The first-order valence-corrected chi connectivity index (χ1v) is 21.8. The van der Waals surface area contributed by atoms with Crippen molar-refractivity contribution in [2.45, 2.75) is 0 Å². The lowest BCUT2D eigenvalue weighted by Crippen LogP contribution is -2.11. The molecule has 3 nitrogen and oxygen atoms in total. The molecule has 12 rings (SSSR count). The smallest absolute Gasteiger partial charge is 0.0979 e. The number of aromatic nitrogens is 2. The van der Waals surface area contributed by atoms with E-state index in [1.54, 1.807) is 0 Å². The molecule has 0 amide bonds. The summed E-state index contributed by atoms with van der Waals surface area (Å²) in [6.45, 7) is 0. The Morgan fingerprint density at radius 1 is 0.355 bits per heavy atom. The maximum Gasteiger partial charge on any atom is 0.0979 e. The first-order chi connectivity index (χ1) is 30.7. The van der Waals surface area contributed by atoms with Crippen LogP contribution in [0.1, 0.15) is 0 Å². The van der Waals surface area contributed by atoms with Gasteiger partial charge in [0.15, 0.2) is 0 Å². The number of nitrogens with zero attached hydrogens (tertiary/aromatic N) is 3. The zero-order valence-corrected chi connectivity index (χ0v) is 34.4. The second-order valence-corrected chi connectivity index (χ2v) is 16.8. The molecule has 2 heterocycles. The largest absolute Gasteiger partial charge is 0.310 e. The van der Waals surface area contributed by atoms with E-state index in [0.29, 0.717) is 0 Å². The zero-order valence-electron chi connectivity index (χ0n) is 33.6. The van der Waals surface area contributed by atoms with Gasteiger partial charge < -0.3 is 4.90 Å². The summed E-state index contributed by atoms with van der Waals surface area (Å²) in [4.78, 5) is 13.2. The summed E-state index contributed by atoms with van der Waals surface area (Å²) in [7, 11) is 0. The van der Waals surface area contributed by atoms with Crippen LogP contribution in [-0.2, 0) is 0 Å². The third kappa shape index (κ3) is 6.20. The third-order valence-electron chi connectivity index (χ3n) is 12.0. The molecular weight excluding hydrogens is 771 g/mol. The molecule has 0 aliphatic heterocycles. The number of fused-ring (bicyclic) bond motifs is 8. The highest BCUT2D eigenvalue weighted by atomic mass is 32.1. The van der Waals surface area contributed by atoms with E-state index in [1.165, 1.54) is 31.3 Å². The maximum absolute atomic E-state index is 5.46. The summed E-state index contributed by atoms with van der Waals surface area (Å²) >= 11 is 1.85. The number of thiophene rings is 1. The molecule has 0 aliphatic carbocycles. The van der Waals surface area contributed by atoms with Crippen molar-refractivity contribution in [3.8, 4) is 44.8 Å². The molecule has 0 unspecified atom stereocenters. The van der Waals surface area contributed by atoms with Gasteiger partial charge in [-0.05, 0) is 87.4 Å². The number of benzene rings is 10. The van der Waals surface area contributed by atoms with Crippen LogP contribution in [0.2, 0.25) is 0 Å². The summed E-state index contributed by atoms with van der Waals surface area (Å²) in [5.74, 6) is 0. The minimum atomic E-state index is 0.879. The zero-order chi connectivity index (χ0) is 41.0. The van der Waals surface area contributed by atoms with Gasteiger partial charge in [0.2, 0.25) is 0 Å². The number of para-hydroxylation sites is 1. The Morgan fingerprint density at radius 2 is 0.968 bits per heavy atom. The van der Waals surface area contributed by atoms with Gasteiger partial charge in [0, 0.05) is 53.6 Å². The highest BCUT2D eigenvalue weighted by Crippen LogP contribution is 2.45. The van der Waals surface area contributed by atoms with E-state index in [1.807, 2.05) is 23.5 Å². The van der Waals surface area contributed by atoms with Crippen LogP contribution in [0, 0.1) is 0 Å². The minimum absolute atomic E-state index is 0.879. The first-order valence-electron chi connectivity index (χ1n) is 21.0. The average Bonchev–Trinajstić information content (AvgIpc) is 3.72. The lowest BCUT2D eigenvalue weighted by molar-refractivity contribution is 1.29. The predicted octanol–water partition coefficient (Wildman–Crippen LogP) is 16.4. The number of anilines is 3. The molecule has 0 bridgehead atoms. The van der Waals surface area contributed by atoms with E-state index in [2.05, 4.69) is 217 Å². The van der Waals surface area contributed by atoms with Crippen molar-refractivity contribution in [2.75, 3.05) is 4.90 Å². The molecule has 0 aliphatic rings. The van der Waals surface area contributed by atoms with Gasteiger partial charge in [-0.2, -0.15) is 0 Å². The topological polar surface area (TPSA) is 29.0 Å². The number of rotatable bonds is 7. The fourth-order valence-electron chi connectivity index (χ4n) is 9.08. The lowest BCUT2D eigenvalue weighted by Gasteiger charge is -2.28. The maximum atomic E-state index is 5.46. The Labute approximate surface area is 363 Å². The van der Waals surface area contributed by atoms with Crippen LogP contribution in [-0.4, -0.2) is 9.97 Å². The van der Waals surface area contributed by atoms with Crippen LogP contribution in [0.25, 0.3) is 97.5 Å². The van der Waals surface area contributed by atoms with Crippen molar-refractivity contribution in [3.63, 3.8) is 0 Å². The van der Waals surface area contributed by atoms with Gasteiger partial charge >= 0.3 is 0 Å². The molecule has 2 aromatic heterocycles. The van der Waals surface area contributed by atoms with Gasteiger partial charge in [-0.3, -0.25) is 0 Å². The summed E-state index contributed by atoms with van der Waals surface area (Å²) in [5.41, 5.74) is 13.6. The predicted molar refractivity (Wildman–Crippen MR) is 264 cm³/mol. The molecule has 0 saturated heterocycles. The van der Waals surface area contributed by atoms with E-state index in [4.69, 9.17) is 9.97 Å². The number of hydrogen-bond acceptors (Lipinski definition) is 4. The SMILES string of the molecule is c1ccc(-c2ccccc2N(c2cccc(-c3ccc4c(ccc5ccc6nc(-c7ccccc7)c(-c7ccccc7)nc6c54)c3)c2)c2ccc3sc4ccccc4c3c2)cc1. The summed E-state index contributed by atoms with van der Waals surface area (Å²) in [6.07, 6.45) is 0. The quantitative estimate of drug-likeness (QED) is 0.150. The van der Waals surface area contributed by atoms with Gasteiger partial charge in [-0.1, -0.05) is 170 Å². The molecule has 290 valence electrons. The minimum Gasteiger partial charge on any atom is -0.310 e. The molecular formula is C58H37N3S. The second-order valence-electron chi connectivity index (χ2n) is 15.7. The van der Waals surface area contributed by atoms with Crippen molar-refractivity contribution < 1.29 is 0 Å². The van der Waals surface area contributed by atoms with Crippen LogP contribution in [0.4, 0.5) is 17.1 Å². The summed E-state index contributed by atoms with van der Waals surface area (Å²) in [5, 5.41) is 7.13. The Balaban J connectivity index is 1.02. The fraction of sp³-hybridized carbons (Fsp3) is 0. The van der Waals surface area contributed by atoms with Crippen LogP contribution in [0.5, 0.6) is 0 Å². The standard InChI is InChI=1S/C58H37N3S/c1-4-15-38(16-5-1)47-23-10-12-25-52(47)61(46-31-34-54-50(37-46)49-24-11-13-26-53(49)62-54)45-22-14-21-42(36-45)43-29-32-48-44(35-43)28-27-39-30-33-51-58(55(39)48)60-57(41-19-8-3-9-20-41)56(59-51)40-17-6-2-7-18-40/h1-37H. The normalized spacial score (nSPS) is 11.5. The molecule has 10 aromatic carbocycles. The Kier molecular flexibility index (Phi) is 8.68. The van der Waals surface area contributed by atoms with E-state index in [-0.39, 0.29) is 0 Å². The van der Waals surface area contributed by atoms with Crippen LogP contribution in [0.3, 0.4) is 0 Å².